The predicted molar refractivity (Wildman–Crippen MR) is 61.4 cm³/mol. The summed E-state index contributed by atoms with van der Waals surface area (Å²) in [7, 11) is 0. The Morgan fingerprint density at radius 2 is 2.21 bits per heavy atom. The van der Waals surface area contributed by atoms with Gasteiger partial charge < -0.3 is 0 Å². The van der Waals surface area contributed by atoms with E-state index in [9.17, 15) is 4.39 Å². The van der Waals surface area contributed by atoms with Crippen molar-refractivity contribution >= 4 is 27.3 Å². The fraction of sp³-hybridized carbons (Fsp3) is 0.600. The smallest absolute Gasteiger partial charge is 0.103 e. The van der Waals surface area contributed by atoms with Gasteiger partial charge in [0.2, 0.25) is 0 Å². The molecule has 2 rings (SSSR count). The minimum Gasteiger partial charge on any atom is -0.298 e. The van der Waals surface area contributed by atoms with Crippen LogP contribution in [-0.2, 0) is 6.54 Å². The minimum atomic E-state index is -0.571. The molecule has 4 heteroatoms. The Hall–Kier alpha value is 0.0700. The van der Waals surface area contributed by atoms with Gasteiger partial charge in [0.05, 0.1) is 0 Å². The molecule has 1 aromatic heterocycles. The Balaban J connectivity index is 1.89. The fourth-order valence-electron chi connectivity index (χ4n) is 1.70. The van der Waals surface area contributed by atoms with E-state index in [-0.39, 0.29) is 0 Å². The lowest BCUT2D eigenvalue weighted by atomic mass is 10.1. The van der Waals surface area contributed by atoms with Crippen molar-refractivity contribution in [1.29, 1.82) is 0 Å². The zero-order valence-electron chi connectivity index (χ0n) is 7.88. The Morgan fingerprint density at radius 3 is 2.79 bits per heavy atom. The highest BCUT2D eigenvalue weighted by atomic mass is 79.9. The first kappa shape index (κ1) is 10.6. The fourth-order valence-corrected chi connectivity index (χ4v) is 3.22. The first-order chi connectivity index (χ1) is 6.75. The first-order valence-electron chi connectivity index (χ1n) is 4.84. The second-order valence-corrected chi connectivity index (χ2v) is 5.50. The number of halogens is 2. The second kappa shape index (κ2) is 4.73. The average Bonchev–Trinajstić information content (AvgIpc) is 2.56. The molecule has 0 N–H and O–H groups in total. The summed E-state index contributed by atoms with van der Waals surface area (Å²) in [6.45, 7) is 2.75. The van der Waals surface area contributed by atoms with Crippen molar-refractivity contribution in [1.82, 2.24) is 4.90 Å². The Morgan fingerprint density at radius 1 is 1.50 bits per heavy atom. The number of alkyl halides is 1. The molecule has 14 heavy (non-hydrogen) atoms. The summed E-state index contributed by atoms with van der Waals surface area (Å²) in [5.41, 5.74) is 0. The van der Waals surface area contributed by atoms with Crippen LogP contribution in [0.15, 0.2) is 15.9 Å². The van der Waals surface area contributed by atoms with Crippen LogP contribution in [0.25, 0.3) is 0 Å². The van der Waals surface area contributed by atoms with Crippen molar-refractivity contribution < 1.29 is 4.39 Å². The number of piperidine rings is 1. The standard InChI is InChI=1S/C10H13BrFNS/c11-9-3-6-14-10(9)7-13-4-1-8(12)2-5-13/h3,6,8H,1-2,4-5,7H2. The van der Waals surface area contributed by atoms with E-state index < -0.39 is 6.17 Å². The highest BCUT2D eigenvalue weighted by molar-refractivity contribution is 9.10. The highest BCUT2D eigenvalue weighted by Crippen LogP contribution is 2.25. The number of hydrogen-bond donors (Lipinski definition) is 0. The van der Waals surface area contributed by atoms with E-state index in [0.29, 0.717) is 12.8 Å². The molecule has 0 radical (unpaired) electrons. The molecule has 1 nitrogen and oxygen atoms in total. The van der Waals surface area contributed by atoms with Gasteiger partial charge in [-0.3, -0.25) is 4.90 Å². The van der Waals surface area contributed by atoms with Gasteiger partial charge in [0.15, 0.2) is 0 Å². The molecule has 1 saturated heterocycles. The van der Waals surface area contributed by atoms with Gasteiger partial charge in [-0.05, 0) is 40.2 Å². The Labute approximate surface area is 96.0 Å². The summed E-state index contributed by atoms with van der Waals surface area (Å²) >= 11 is 5.28. The van der Waals surface area contributed by atoms with Crippen molar-refractivity contribution in [2.75, 3.05) is 13.1 Å². The van der Waals surface area contributed by atoms with Crippen molar-refractivity contribution in [3.63, 3.8) is 0 Å². The molecule has 0 unspecified atom stereocenters. The van der Waals surface area contributed by atoms with Gasteiger partial charge in [-0.25, -0.2) is 4.39 Å². The summed E-state index contributed by atoms with van der Waals surface area (Å²) in [6, 6.07) is 2.07. The lowest BCUT2D eigenvalue weighted by Gasteiger charge is -2.28. The molecule has 0 spiro atoms. The van der Waals surface area contributed by atoms with Crippen molar-refractivity contribution in [3.05, 3.63) is 20.8 Å². The summed E-state index contributed by atoms with van der Waals surface area (Å²) < 4.78 is 14.1. The van der Waals surface area contributed by atoms with Crippen LogP contribution in [0, 0.1) is 0 Å². The summed E-state index contributed by atoms with van der Waals surface area (Å²) in [5, 5.41) is 2.08. The van der Waals surface area contributed by atoms with E-state index in [2.05, 4.69) is 32.3 Å². The molecular formula is C10H13BrFNS. The maximum Gasteiger partial charge on any atom is 0.103 e. The minimum absolute atomic E-state index is 0.571. The third-order valence-electron chi connectivity index (χ3n) is 2.58. The average molecular weight is 278 g/mol. The van der Waals surface area contributed by atoms with Crippen LogP contribution in [0.5, 0.6) is 0 Å². The molecule has 2 heterocycles. The van der Waals surface area contributed by atoms with Crippen molar-refractivity contribution in [2.45, 2.75) is 25.6 Å². The molecule has 0 bridgehead atoms. The predicted octanol–water partition coefficient (Wildman–Crippen LogP) is 3.44. The molecule has 1 aliphatic rings. The SMILES string of the molecule is FC1CCN(Cc2sccc2Br)CC1. The van der Waals surface area contributed by atoms with Crippen LogP contribution in [0.1, 0.15) is 17.7 Å². The molecule has 1 fully saturated rings. The van der Waals surface area contributed by atoms with Crippen LogP contribution in [0.3, 0.4) is 0 Å². The Kier molecular flexibility index (Phi) is 3.57. The van der Waals surface area contributed by atoms with E-state index >= 15 is 0 Å². The molecule has 1 aliphatic heterocycles. The normalized spacial score (nSPS) is 20.1. The molecule has 0 saturated carbocycles. The monoisotopic (exact) mass is 277 g/mol. The van der Waals surface area contributed by atoms with Crippen LogP contribution in [-0.4, -0.2) is 24.2 Å². The van der Waals surface area contributed by atoms with E-state index in [0.717, 1.165) is 19.6 Å². The summed E-state index contributed by atoms with van der Waals surface area (Å²) in [6.07, 6.45) is 0.824. The number of thiophene rings is 1. The second-order valence-electron chi connectivity index (χ2n) is 3.64. The number of nitrogens with zero attached hydrogens (tertiary/aromatic N) is 1. The number of likely N-dealkylation sites (tertiary alicyclic amines) is 1. The Bertz CT molecular complexity index is 294. The van der Waals surface area contributed by atoms with E-state index in [1.807, 2.05) is 0 Å². The third-order valence-corrected chi connectivity index (χ3v) is 4.49. The lowest BCUT2D eigenvalue weighted by molar-refractivity contribution is 0.146. The van der Waals surface area contributed by atoms with E-state index in [4.69, 9.17) is 0 Å². The van der Waals surface area contributed by atoms with E-state index in [1.165, 1.54) is 9.35 Å². The van der Waals surface area contributed by atoms with Crippen LogP contribution in [0.4, 0.5) is 4.39 Å². The zero-order valence-corrected chi connectivity index (χ0v) is 10.3. The van der Waals surface area contributed by atoms with Crippen LogP contribution in [0.2, 0.25) is 0 Å². The molecule has 0 aliphatic carbocycles. The van der Waals surface area contributed by atoms with E-state index in [1.54, 1.807) is 11.3 Å². The molecule has 1 aromatic rings. The maximum absolute atomic E-state index is 12.9. The quantitative estimate of drug-likeness (QED) is 0.801. The molecular weight excluding hydrogens is 265 g/mol. The number of rotatable bonds is 2. The highest BCUT2D eigenvalue weighted by Gasteiger charge is 2.19. The maximum atomic E-state index is 12.9. The van der Waals surface area contributed by atoms with Crippen LogP contribution >= 0.6 is 27.3 Å². The number of hydrogen-bond acceptors (Lipinski definition) is 2. The first-order valence-corrected chi connectivity index (χ1v) is 6.51. The van der Waals surface area contributed by atoms with Gasteiger partial charge in [0, 0.05) is 29.0 Å². The van der Waals surface area contributed by atoms with Crippen molar-refractivity contribution in [2.24, 2.45) is 0 Å². The van der Waals surface area contributed by atoms with Crippen LogP contribution < -0.4 is 0 Å². The van der Waals surface area contributed by atoms with Crippen molar-refractivity contribution in [3.8, 4) is 0 Å². The van der Waals surface area contributed by atoms with Gasteiger partial charge in [-0.1, -0.05) is 0 Å². The molecule has 0 aromatic carbocycles. The largest absolute Gasteiger partial charge is 0.298 e. The topological polar surface area (TPSA) is 3.24 Å². The lowest BCUT2D eigenvalue weighted by Crippen LogP contribution is -2.33. The van der Waals surface area contributed by atoms with Gasteiger partial charge in [0.25, 0.3) is 0 Å². The van der Waals surface area contributed by atoms with Gasteiger partial charge in [0.1, 0.15) is 6.17 Å². The molecule has 78 valence electrons. The van der Waals surface area contributed by atoms with Gasteiger partial charge in [-0.15, -0.1) is 11.3 Å². The third kappa shape index (κ3) is 2.55. The summed E-state index contributed by atoms with van der Waals surface area (Å²) in [4.78, 5) is 3.68. The zero-order chi connectivity index (χ0) is 9.97. The van der Waals surface area contributed by atoms with Gasteiger partial charge in [-0.2, -0.15) is 0 Å². The molecule has 0 atom stereocenters. The molecule has 0 amide bonds. The summed E-state index contributed by atoms with van der Waals surface area (Å²) in [5.74, 6) is 0. The van der Waals surface area contributed by atoms with Gasteiger partial charge >= 0.3 is 0 Å².